The van der Waals surface area contributed by atoms with E-state index in [1.807, 2.05) is 32.0 Å². The van der Waals surface area contributed by atoms with E-state index in [-0.39, 0.29) is 6.10 Å². The summed E-state index contributed by atoms with van der Waals surface area (Å²) in [5.74, 6) is 1.77. The smallest absolute Gasteiger partial charge is 0.138 e. The van der Waals surface area contributed by atoms with Gasteiger partial charge < -0.3 is 14.8 Å². The fraction of sp³-hybridized carbons (Fsp3) is 0.333. The fourth-order valence-electron chi connectivity index (χ4n) is 2.20. The van der Waals surface area contributed by atoms with Crippen LogP contribution in [0.3, 0.4) is 0 Å². The molecule has 124 valence electrons. The van der Waals surface area contributed by atoms with Crippen molar-refractivity contribution in [3.8, 4) is 11.5 Å². The number of ether oxygens (including phenoxy) is 2. The SMILES string of the molecule is COc1ccc(CNCc2cc(Br)cc(Br)c2OC(C)C)cc1. The zero-order valence-electron chi connectivity index (χ0n) is 13.5. The quantitative estimate of drug-likeness (QED) is 0.631. The molecule has 1 N–H and O–H groups in total. The highest BCUT2D eigenvalue weighted by Gasteiger charge is 2.11. The lowest BCUT2D eigenvalue weighted by molar-refractivity contribution is 0.238. The summed E-state index contributed by atoms with van der Waals surface area (Å²) in [5, 5.41) is 3.46. The Labute approximate surface area is 154 Å². The van der Waals surface area contributed by atoms with Gasteiger partial charge in [-0.05, 0) is 59.6 Å². The monoisotopic (exact) mass is 441 g/mol. The Morgan fingerprint density at radius 2 is 1.74 bits per heavy atom. The first-order valence-electron chi connectivity index (χ1n) is 7.48. The molecule has 3 nitrogen and oxygen atoms in total. The normalized spacial score (nSPS) is 10.9. The third-order valence-corrected chi connectivity index (χ3v) is 4.29. The van der Waals surface area contributed by atoms with Crippen molar-refractivity contribution < 1.29 is 9.47 Å². The van der Waals surface area contributed by atoms with Gasteiger partial charge in [0.05, 0.1) is 17.7 Å². The largest absolute Gasteiger partial charge is 0.497 e. The van der Waals surface area contributed by atoms with Crippen LogP contribution in [-0.2, 0) is 13.1 Å². The molecule has 0 fully saturated rings. The number of rotatable bonds is 7. The third kappa shape index (κ3) is 5.52. The summed E-state index contributed by atoms with van der Waals surface area (Å²) in [4.78, 5) is 0. The van der Waals surface area contributed by atoms with Crippen LogP contribution in [-0.4, -0.2) is 13.2 Å². The van der Waals surface area contributed by atoms with Crippen LogP contribution in [0.25, 0.3) is 0 Å². The highest BCUT2D eigenvalue weighted by molar-refractivity contribution is 9.11. The average Bonchev–Trinajstić information content (AvgIpc) is 2.51. The van der Waals surface area contributed by atoms with Gasteiger partial charge in [0.25, 0.3) is 0 Å². The van der Waals surface area contributed by atoms with Gasteiger partial charge in [0, 0.05) is 23.1 Å². The van der Waals surface area contributed by atoms with Crippen molar-refractivity contribution in [2.45, 2.75) is 33.0 Å². The zero-order valence-corrected chi connectivity index (χ0v) is 16.7. The summed E-state index contributed by atoms with van der Waals surface area (Å²) in [7, 11) is 1.68. The minimum Gasteiger partial charge on any atom is -0.497 e. The number of benzene rings is 2. The maximum absolute atomic E-state index is 5.94. The zero-order chi connectivity index (χ0) is 16.8. The molecular formula is C18H21Br2NO2. The second kappa shape index (κ2) is 8.71. The second-order valence-corrected chi connectivity index (χ2v) is 7.26. The molecule has 0 spiro atoms. The van der Waals surface area contributed by atoms with E-state index in [2.05, 4.69) is 55.4 Å². The van der Waals surface area contributed by atoms with Crippen LogP contribution >= 0.6 is 31.9 Å². The standard InChI is InChI=1S/C18H21Br2NO2/c1-12(2)23-18-14(8-15(19)9-17(18)20)11-21-10-13-4-6-16(22-3)7-5-13/h4-9,12,21H,10-11H2,1-3H3. The van der Waals surface area contributed by atoms with E-state index < -0.39 is 0 Å². The van der Waals surface area contributed by atoms with Crippen molar-refractivity contribution in [3.05, 3.63) is 56.5 Å². The van der Waals surface area contributed by atoms with Gasteiger partial charge in [-0.2, -0.15) is 0 Å². The van der Waals surface area contributed by atoms with Gasteiger partial charge in [-0.3, -0.25) is 0 Å². The average molecular weight is 443 g/mol. The molecule has 0 aromatic heterocycles. The van der Waals surface area contributed by atoms with Gasteiger partial charge in [-0.1, -0.05) is 28.1 Å². The van der Waals surface area contributed by atoms with Crippen molar-refractivity contribution >= 4 is 31.9 Å². The molecule has 2 aromatic rings. The Kier molecular flexibility index (Phi) is 6.93. The summed E-state index contributed by atoms with van der Waals surface area (Å²) in [6.07, 6.45) is 0.132. The molecule has 0 radical (unpaired) electrons. The minimum atomic E-state index is 0.132. The Morgan fingerprint density at radius 1 is 1.04 bits per heavy atom. The highest BCUT2D eigenvalue weighted by Crippen LogP contribution is 2.33. The molecule has 2 rings (SSSR count). The van der Waals surface area contributed by atoms with E-state index in [0.29, 0.717) is 0 Å². The van der Waals surface area contributed by atoms with Gasteiger partial charge in [0.2, 0.25) is 0 Å². The third-order valence-electron chi connectivity index (χ3n) is 3.24. The number of halogens is 2. The molecule has 0 saturated heterocycles. The van der Waals surface area contributed by atoms with Crippen molar-refractivity contribution in [1.82, 2.24) is 5.32 Å². The molecule has 0 amide bonds. The van der Waals surface area contributed by atoms with E-state index >= 15 is 0 Å². The summed E-state index contributed by atoms with van der Waals surface area (Å²) in [6.45, 7) is 5.58. The lowest BCUT2D eigenvalue weighted by Crippen LogP contribution is -2.15. The number of nitrogens with one attached hydrogen (secondary N) is 1. The van der Waals surface area contributed by atoms with Gasteiger partial charge in [-0.15, -0.1) is 0 Å². The Balaban J connectivity index is 2.04. The molecule has 0 saturated carbocycles. The van der Waals surface area contributed by atoms with E-state index in [1.165, 1.54) is 5.56 Å². The molecule has 0 aliphatic carbocycles. The maximum Gasteiger partial charge on any atom is 0.138 e. The summed E-state index contributed by atoms with van der Waals surface area (Å²) in [6, 6.07) is 12.2. The molecule has 0 atom stereocenters. The molecular weight excluding hydrogens is 422 g/mol. The van der Waals surface area contributed by atoms with E-state index in [0.717, 1.165) is 39.1 Å². The molecule has 23 heavy (non-hydrogen) atoms. The van der Waals surface area contributed by atoms with E-state index in [9.17, 15) is 0 Å². The van der Waals surface area contributed by atoms with Gasteiger partial charge in [0.1, 0.15) is 11.5 Å². The van der Waals surface area contributed by atoms with Crippen LogP contribution in [0.1, 0.15) is 25.0 Å². The fourth-order valence-corrected chi connectivity index (χ4v) is 3.60. The van der Waals surface area contributed by atoms with Crippen molar-refractivity contribution in [1.29, 1.82) is 0 Å². The van der Waals surface area contributed by atoms with Gasteiger partial charge >= 0.3 is 0 Å². The summed E-state index contributed by atoms with van der Waals surface area (Å²) < 4.78 is 13.1. The highest BCUT2D eigenvalue weighted by atomic mass is 79.9. The minimum absolute atomic E-state index is 0.132. The molecule has 5 heteroatoms. The van der Waals surface area contributed by atoms with Crippen molar-refractivity contribution in [3.63, 3.8) is 0 Å². The molecule has 0 unspecified atom stereocenters. The van der Waals surface area contributed by atoms with Crippen LogP contribution in [0.15, 0.2) is 45.3 Å². The first-order chi connectivity index (χ1) is 11.0. The van der Waals surface area contributed by atoms with Gasteiger partial charge in [-0.25, -0.2) is 0 Å². The predicted octanol–water partition coefficient (Wildman–Crippen LogP) is 5.30. The number of methoxy groups -OCH3 is 1. The Morgan fingerprint density at radius 3 is 2.35 bits per heavy atom. The molecule has 0 heterocycles. The first kappa shape index (κ1) is 18.3. The second-order valence-electron chi connectivity index (χ2n) is 5.49. The summed E-state index contributed by atoms with van der Waals surface area (Å²) in [5.41, 5.74) is 2.33. The van der Waals surface area contributed by atoms with Crippen LogP contribution in [0.5, 0.6) is 11.5 Å². The van der Waals surface area contributed by atoms with Crippen LogP contribution in [0.4, 0.5) is 0 Å². The van der Waals surface area contributed by atoms with Crippen LogP contribution in [0, 0.1) is 0 Å². The van der Waals surface area contributed by atoms with Crippen molar-refractivity contribution in [2.24, 2.45) is 0 Å². The molecule has 0 aliphatic rings. The van der Waals surface area contributed by atoms with Crippen LogP contribution in [0.2, 0.25) is 0 Å². The Hall–Kier alpha value is -1.04. The summed E-state index contributed by atoms with van der Waals surface area (Å²) >= 11 is 7.12. The molecule has 0 aliphatic heterocycles. The predicted molar refractivity (Wildman–Crippen MR) is 101 cm³/mol. The van der Waals surface area contributed by atoms with E-state index in [1.54, 1.807) is 7.11 Å². The van der Waals surface area contributed by atoms with Crippen LogP contribution < -0.4 is 14.8 Å². The molecule has 0 bridgehead atoms. The lowest BCUT2D eigenvalue weighted by Gasteiger charge is -2.17. The van der Waals surface area contributed by atoms with Crippen molar-refractivity contribution in [2.75, 3.05) is 7.11 Å². The molecule has 2 aromatic carbocycles. The van der Waals surface area contributed by atoms with Gasteiger partial charge in [0.15, 0.2) is 0 Å². The number of hydrogen-bond donors (Lipinski definition) is 1. The number of hydrogen-bond acceptors (Lipinski definition) is 3. The van der Waals surface area contributed by atoms with E-state index in [4.69, 9.17) is 9.47 Å². The topological polar surface area (TPSA) is 30.5 Å². The maximum atomic E-state index is 5.94. The lowest BCUT2D eigenvalue weighted by atomic mass is 10.1. The Bertz CT molecular complexity index is 642. The first-order valence-corrected chi connectivity index (χ1v) is 9.06.